The van der Waals surface area contributed by atoms with Crippen LogP contribution in [0.4, 0.5) is 0 Å². The van der Waals surface area contributed by atoms with Crippen molar-refractivity contribution in [2.75, 3.05) is 26.1 Å². The second kappa shape index (κ2) is 5.54. The lowest BCUT2D eigenvalue weighted by molar-refractivity contribution is 0.354. The maximum atomic E-state index is 5.34. The van der Waals surface area contributed by atoms with Crippen LogP contribution < -0.4 is 9.47 Å². The first-order valence-electron chi connectivity index (χ1n) is 5.64. The van der Waals surface area contributed by atoms with Gasteiger partial charge in [-0.1, -0.05) is 15.9 Å². The molecule has 1 aromatic carbocycles. The van der Waals surface area contributed by atoms with Gasteiger partial charge in [0.2, 0.25) is 0 Å². The molecule has 0 bridgehead atoms. The minimum atomic E-state index is 0.774. The third kappa shape index (κ3) is 2.46. The summed E-state index contributed by atoms with van der Waals surface area (Å²) in [6.45, 7) is 0.866. The van der Waals surface area contributed by atoms with Crippen LogP contribution >= 0.6 is 15.9 Å². The highest BCUT2D eigenvalue weighted by Gasteiger charge is 2.17. The summed E-state index contributed by atoms with van der Waals surface area (Å²) in [6.07, 6.45) is 1.92. The molecule has 0 N–H and O–H groups in total. The quantitative estimate of drug-likeness (QED) is 0.800. The number of fused-ring (bicyclic) bond motifs is 1. The molecule has 0 atom stereocenters. The predicted octanol–water partition coefficient (Wildman–Crippen LogP) is 2.83. The van der Waals surface area contributed by atoms with E-state index in [1.807, 2.05) is 6.07 Å². The molecule has 0 aliphatic carbocycles. The molecule has 0 fully saturated rings. The zero-order chi connectivity index (χ0) is 12.3. The van der Waals surface area contributed by atoms with Crippen molar-refractivity contribution in [3.8, 4) is 11.5 Å². The van der Waals surface area contributed by atoms with Crippen molar-refractivity contribution in [1.29, 1.82) is 0 Å². The number of rotatable bonds is 4. The Bertz CT molecular complexity index is 443. The first kappa shape index (κ1) is 12.4. The van der Waals surface area contributed by atoms with E-state index in [2.05, 4.69) is 27.0 Å². The summed E-state index contributed by atoms with van der Waals surface area (Å²) in [6, 6.07) is 4.10. The molecular weight excluding hydrogens is 282 g/mol. The van der Waals surface area contributed by atoms with Gasteiger partial charge in [-0.2, -0.15) is 0 Å². The number of ether oxygens (including phenoxy) is 2. The predicted molar refractivity (Wildman–Crippen MR) is 73.1 cm³/mol. The van der Waals surface area contributed by atoms with Crippen molar-refractivity contribution >= 4 is 21.6 Å². The lowest BCUT2D eigenvalue weighted by Gasteiger charge is -2.19. The van der Waals surface area contributed by atoms with Crippen LogP contribution in [0.25, 0.3) is 0 Å². The second-order valence-corrected chi connectivity index (χ2v) is 4.67. The molecule has 1 aliphatic rings. The van der Waals surface area contributed by atoms with Gasteiger partial charge in [-0.15, -0.1) is 0 Å². The summed E-state index contributed by atoms with van der Waals surface area (Å²) < 4.78 is 10.7. The fraction of sp³-hybridized carbons (Fsp3) is 0.462. The maximum absolute atomic E-state index is 5.34. The molecule has 17 heavy (non-hydrogen) atoms. The van der Waals surface area contributed by atoms with Gasteiger partial charge < -0.3 is 9.47 Å². The molecular formula is C13H16BrNO2. The molecule has 1 aromatic rings. The van der Waals surface area contributed by atoms with E-state index in [9.17, 15) is 0 Å². The molecule has 0 saturated heterocycles. The summed E-state index contributed by atoms with van der Waals surface area (Å²) in [7, 11) is 3.33. The molecule has 0 unspecified atom stereocenters. The Morgan fingerprint density at radius 1 is 1.24 bits per heavy atom. The first-order valence-corrected chi connectivity index (χ1v) is 6.77. The lowest BCUT2D eigenvalue weighted by atomic mass is 9.95. The largest absolute Gasteiger partial charge is 0.493 e. The number of alkyl halides is 1. The molecule has 2 rings (SSSR count). The molecule has 0 amide bonds. The van der Waals surface area contributed by atoms with Gasteiger partial charge in [0.1, 0.15) is 0 Å². The highest BCUT2D eigenvalue weighted by molar-refractivity contribution is 9.09. The monoisotopic (exact) mass is 297 g/mol. The average molecular weight is 298 g/mol. The zero-order valence-corrected chi connectivity index (χ0v) is 11.7. The van der Waals surface area contributed by atoms with Crippen molar-refractivity contribution in [2.24, 2.45) is 4.99 Å². The van der Waals surface area contributed by atoms with E-state index in [1.165, 1.54) is 11.1 Å². The fourth-order valence-electron chi connectivity index (χ4n) is 2.10. The van der Waals surface area contributed by atoms with Gasteiger partial charge in [0.25, 0.3) is 0 Å². The number of hydrogen-bond donors (Lipinski definition) is 0. The van der Waals surface area contributed by atoms with Crippen LogP contribution in [0.3, 0.4) is 0 Å². The van der Waals surface area contributed by atoms with Gasteiger partial charge >= 0.3 is 0 Å². The molecule has 0 radical (unpaired) electrons. The molecule has 92 valence electrons. The van der Waals surface area contributed by atoms with Gasteiger partial charge in [-0.05, 0) is 30.5 Å². The second-order valence-electron chi connectivity index (χ2n) is 3.88. The van der Waals surface area contributed by atoms with Crippen LogP contribution in [0.15, 0.2) is 17.1 Å². The smallest absolute Gasteiger partial charge is 0.161 e. The minimum absolute atomic E-state index is 0.774. The summed E-state index contributed by atoms with van der Waals surface area (Å²) in [5.41, 5.74) is 3.66. The highest BCUT2D eigenvalue weighted by Crippen LogP contribution is 2.33. The topological polar surface area (TPSA) is 30.8 Å². The SMILES string of the molecule is COc1cc2c(cc1OC)C(CCBr)=NCC2. The molecule has 3 nitrogen and oxygen atoms in total. The number of halogens is 1. The van der Waals surface area contributed by atoms with Gasteiger partial charge in [-0.3, -0.25) is 4.99 Å². The lowest BCUT2D eigenvalue weighted by Crippen LogP contribution is -2.14. The Balaban J connectivity index is 2.45. The van der Waals surface area contributed by atoms with E-state index in [1.54, 1.807) is 14.2 Å². The van der Waals surface area contributed by atoms with E-state index < -0.39 is 0 Å². The fourth-order valence-corrected chi connectivity index (χ4v) is 2.47. The zero-order valence-electron chi connectivity index (χ0n) is 10.1. The van der Waals surface area contributed by atoms with E-state index in [0.717, 1.165) is 41.9 Å². The third-order valence-corrected chi connectivity index (χ3v) is 3.33. The Kier molecular flexibility index (Phi) is 4.05. The van der Waals surface area contributed by atoms with Crippen LogP contribution in [0.2, 0.25) is 0 Å². The molecule has 1 heterocycles. The molecule has 1 aliphatic heterocycles. The number of nitrogens with zero attached hydrogens (tertiary/aromatic N) is 1. The maximum Gasteiger partial charge on any atom is 0.161 e. The number of benzene rings is 1. The Labute approximate surface area is 110 Å². The van der Waals surface area contributed by atoms with Crippen molar-refractivity contribution < 1.29 is 9.47 Å². The van der Waals surface area contributed by atoms with Gasteiger partial charge in [0, 0.05) is 23.1 Å². The van der Waals surface area contributed by atoms with Crippen molar-refractivity contribution in [3.63, 3.8) is 0 Å². The van der Waals surface area contributed by atoms with Crippen LogP contribution in [0.5, 0.6) is 11.5 Å². The van der Waals surface area contributed by atoms with Crippen LogP contribution in [0, 0.1) is 0 Å². The van der Waals surface area contributed by atoms with E-state index in [0.29, 0.717) is 0 Å². The van der Waals surface area contributed by atoms with Gasteiger partial charge in [0.05, 0.1) is 14.2 Å². The minimum Gasteiger partial charge on any atom is -0.493 e. The van der Waals surface area contributed by atoms with E-state index in [4.69, 9.17) is 9.47 Å². The van der Waals surface area contributed by atoms with Crippen LogP contribution in [0.1, 0.15) is 17.5 Å². The van der Waals surface area contributed by atoms with Crippen molar-refractivity contribution in [2.45, 2.75) is 12.8 Å². The Morgan fingerprint density at radius 3 is 2.59 bits per heavy atom. The van der Waals surface area contributed by atoms with Crippen molar-refractivity contribution in [1.82, 2.24) is 0 Å². The number of methoxy groups -OCH3 is 2. The molecule has 0 aromatic heterocycles. The summed E-state index contributed by atoms with van der Waals surface area (Å²) in [5.74, 6) is 1.57. The number of aliphatic imine (C=N–C) groups is 1. The number of hydrogen-bond acceptors (Lipinski definition) is 3. The first-order chi connectivity index (χ1) is 8.30. The average Bonchev–Trinajstić information content (AvgIpc) is 2.38. The van der Waals surface area contributed by atoms with E-state index >= 15 is 0 Å². The highest BCUT2D eigenvalue weighted by atomic mass is 79.9. The normalized spacial score (nSPS) is 13.9. The molecule has 0 saturated carbocycles. The van der Waals surface area contributed by atoms with Gasteiger partial charge in [-0.25, -0.2) is 0 Å². The standard InChI is InChI=1S/C13H16BrNO2/c1-16-12-7-9-4-6-15-11(3-5-14)10(9)8-13(12)17-2/h7-8H,3-6H2,1-2H3. The van der Waals surface area contributed by atoms with E-state index in [-0.39, 0.29) is 0 Å². The Morgan fingerprint density at radius 2 is 1.94 bits per heavy atom. The molecule has 4 heteroatoms. The van der Waals surface area contributed by atoms with Gasteiger partial charge in [0.15, 0.2) is 11.5 Å². The Hall–Kier alpha value is -1.03. The van der Waals surface area contributed by atoms with Crippen molar-refractivity contribution in [3.05, 3.63) is 23.3 Å². The third-order valence-electron chi connectivity index (χ3n) is 2.94. The summed E-state index contributed by atoms with van der Waals surface area (Å²) >= 11 is 3.46. The summed E-state index contributed by atoms with van der Waals surface area (Å²) in [4.78, 5) is 4.58. The summed E-state index contributed by atoms with van der Waals surface area (Å²) in [5, 5.41) is 0.930. The van der Waals surface area contributed by atoms with Crippen LogP contribution in [-0.4, -0.2) is 31.8 Å². The molecule has 0 spiro atoms. The van der Waals surface area contributed by atoms with Crippen LogP contribution in [-0.2, 0) is 6.42 Å².